The summed E-state index contributed by atoms with van der Waals surface area (Å²) in [6.45, 7) is 0.772. The van der Waals surface area contributed by atoms with Crippen molar-refractivity contribution in [1.82, 2.24) is 0 Å². The van der Waals surface area contributed by atoms with Gasteiger partial charge in [0, 0.05) is 12.0 Å². The van der Waals surface area contributed by atoms with Gasteiger partial charge in [0.1, 0.15) is 17.4 Å². The van der Waals surface area contributed by atoms with Crippen molar-refractivity contribution in [2.24, 2.45) is 11.1 Å². The molecule has 0 spiro atoms. The van der Waals surface area contributed by atoms with Crippen LogP contribution in [0, 0.1) is 17.0 Å². The van der Waals surface area contributed by atoms with Crippen molar-refractivity contribution in [3.63, 3.8) is 0 Å². The molecule has 3 rings (SSSR count). The molecule has 2 aromatic carbocycles. The zero-order chi connectivity index (χ0) is 14.9. The van der Waals surface area contributed by atoms with E-state index in [0.717, 1.165) is 23.4 Å². The minimum atomic E-state index is -0.435. The van der Waals surface area contributed by atoms with Crippen LogP contribution in [0.3, 0.4) is 0 Å². The molecule has 0 radical (unpaired) electrons. The molecular weight excluding hydrogens is 272 g/mol. The van der Waals surface area contributed by atoms with Crippen LogP contribution in [0.5, 0.6) is 5.75 Å². The second-order valence-corrected chi connectivity index (χ2v) is 5.69. The van der Waals surface area contributed by atoms with Gasteiger partial charge in [-0.1, -0.05) is 18.2 Å². The molecule has 4 heteroatoms. The monoisotopic (exact) mass is 289 g/mol. The molecule has 0 bridgehead atoms. The Balaban J connectivity index is 1.90. The van der Waals surface area contributed by atoms with Gasteiger partial charge >= 0.3 is 0 Å². The molecule has 2 aromatic rings. The van der Waals surface area contributed by atoms with Crippen LogP contribution in [-0.2, 0) is 12.8 Å². The van der Waals surface area contributed by atoms with Gasteiger partial charge in [-0.25, -0.2) is 8.78 Å². The smallest absolute Gasteiger partial charge is 0.126 e. The third-order valence-electron chi connectivity index (χ3n) is 4.08. The number of halogens is 2. The number of benzene rings is 2. The fraction of sp³-hybridized carbons (Fsp3) is 0.294. The van der Waals surface area contributed by atoms with E-state index >= 15 is 0 Å². The van der Waals surface area contributed by atoms with Crippen LogP contribution in [0.2, 0.25) is 0 Å². The molecule has 0 aromatic heterocycles. The quantitative estimate of drug-likeness (QED) is 0.942. The molecule has 1 aliphatic heterocycles. The Labute approximate surface area is 122 Å². The van der Waals surface area contributed by atoms with Gasteiger partial charge < -0.3 is 10.5 Å². The number of para-hydroxylation sites is 1. The highest BCUT2D eigenvalue weighted by atomic mass is 19.1. The van der Waals surface area contributed by atoms with Crippen LogP contribution in [0.1, 0.15) is 11.1 Å². The molecule has 110 valence electrons. The zero-order valence-corrected chi connectivity index (χ0v) is 11.6. The van der Waals surface area contributed by atoms with Crippen molar-refractivity contribution in [3.05, 3.63) is 65.2 Å². The summed E-state index contributed by atoms with van der Waals surface area (Å²) in [5.74, 6) is 0.0140. The van der Waals surface area contributed by atoms with Gasteiger partial charge in [0.15, 0.2) is 0 Å². The number of ether oxygens (including phenoxy) is 1. The van der Waals surface area contributed by atoms with Gasteiger partial charge in [0.05, 0.1) is 6.61 Å². The molecule has 2 N–H and O–H groups in total. The van der Waals surface area contributed by atoms with Gasteiger partial charge in [-0.3, -0.25) is 0 Å². The summed E-state index contributed by atoms with van der Waals surface area (Å²) in [5.41, 5.74) is 6.95. The van der Waals surface area contributed by atoms with E-state index in [-0.39, 0.29) is 0 Å². The average molecular weight is 289 g/mol. The molecule has 0 saturated carbocycles. The Hall–Kier alpha value is -1.94. The molecule has 0 amide bonds. The van der Waals surface area contributed by atoms with Crippen molar-refractivity contribution in [1.29, 1.82) is 0 Å². The molecule has 1 atom stereocenters. The highest BCUT2D eigenvalue weighted by Crippen LogP contribution is 2.36. The summed E-state index contributed by atoms with van der Waals surface area (Å²) >= 11 is 0. The number of rotatable bonds is 3. The summed E-state index contributed by atoms with van der Waals surface area (Å²) in [5, 5.41) is 0. The molecule has 21 heavy (non-hydrogen) atoms. The van der Waals surface area contributed by atoms with Gasteiger partial charge in [-0.15, -0.1) is 0 Å². The Morgan fingerprint density at radius 3 is 2.76 bits per heavy atom. The van der Waals surface area contributed by atoms with Crippen LogP contribution in [-0.4, -0.2) is 13.2 Å². The molecule has 1 aliphatic rings. The fourth-order valence-electron chi connectivity index (χ4n) is 2.88. The van der Waals surface area contributed by atoms with E-state index in [9.17, 15) is 8.78 Å². The number of nitrogens with two attached hydrogens (primary N) is 1. The van der Waals surface area contributed by atoms with E-state index in [0.29, 0.717) is 31.6 Å². The minimum absolute atomic E-state index is 0.350. The summed E-state index contributed by atoms with van der Waals surface area (Å²) in [6, 6.07) is 11.3. The van der Waals surface area contributed by atoms with Crippen LogP contribution >= 0.6 is 0 Å². The predicted molar refractivity (Wildman–Crippen MR) is 77.2 cm³/mol. The molecular formula is C17H17F2NO. The molecule has 1 heterocycles. The lowest BCUT2D eigenvalue weighted by molar-refractivity contribution is 0.125. The Morgan fingerprint density at radius 2 is 1.95 bits per heavy atom. The summed E-state index contributed by atoms with van der Waals surface area (Å²) in [7, 11) is 0. The molecule has 1 unspecified atom stereocenters. The maximum atomic E-state index is 13.9. The van der Waals surface area contributed by atoms with Crippen LogP contribution in [0.4, 0.5) is 8.78 Å². The van der Waals surface area contributed by atoms with Crippen LogP contribution in [0.25, 0.3) is 0 Å². The highest BCUT2D eigenvalue weighted by molar-refractivity contribution is 5.37. The third kappa shape index (κ3) is 2.76. The highest BCUT2D eigenvalue weighted by Gasteiger charge is 2.35. The van der Waals surface area contributed by atoms with E-state index in [1.807, 2.05) is 24.3 Å². The van der Waals surface area contributed by atoms with E-state index in [4.69, 9.17) is 10.5 Å². The van der Waals surface area contributed by atoms with Crippen molar-refractivity contribution in [2.45, 2.75) is 12.8 Å². The van der Waals surface area contributed by atoms with E-state index in [1.165, 1.54) is 6.07 Å². The molecule has 0 fully saturated rings. The molecule has 2 nitrogen and oxygen atoms in total. The minimum Gasteiger partial charge on any atom is -0.493 e. The Kier molecular flexibility index (Phi) is 3.64. The third-order valence-corrected chi connectivity index (χ3v) is 4.08. The summed E-state index contributed by atoms with van der Waals surface area (Å²) in [4.78, 5) is 0. The SMILES string of the molecule is NCC1(Cc2cc(F)ccc2F)COc2ccccc2C1. The van der Waals surface area contributed by atoms with Crippen molar-refractivity contribution in [2.75, 3.05) is 13.2 Å². The van der Waals surface area contributed by atoms with Crippen molar-refractivity contribution in [3.8, 4) is 5.75 Å². The van der Waals surface area contributed by atoms with Gasteiger partial charge in [0.2, 0.25) is 0 Å². The maximum Gasteiger partial charge on any atom is 0.126 e. The Morgan fingerprint density at radius 1 is 1.14 bits per heavy atom. The normalized spacial score (nSPS) is 20.7. The van der Waals surface area contributed by atoms with Crippen LogP contribution < -0.4 is 10.5 Å². The first-order valence-electron chi connectivity index (χ1n) is 6.97. The second kappa shape index (κ2) is 5.45. The largest absolute Gasteiger partial charge is 0.493 e. The fourth-order valence-corrected chi connectivity index (χ4v) is 2.88. The maximum absolute atomic E-state index is 13.9. The van der Waals surface area contributed by atoms with E-state index in [1.54, 1.807) is 0 Å². The van der Waals surface area contributed by atoms with Gasteiger partial charge in [0.25, 0.3) is 0 Å². The summed E-state index contributed by atoms with van der Waals surface area (Å²) in [6.07, 6.45) is 1.07. The first-order valence-corrected chi connectivity index (χ1v) is 6.97. The first kappa shape index (κ1) is 14.0. The molecule has 0 saturated heterocycles. The number of fused-ring (bicyclic) bond motifs is 1. The topological polar surface area (TPSA) is 35.2 Å². The lowest BCUT2D eigenvalue weighted by Gasteiger charge is -2.37. The average Bonchev–Trinajstić information content (AvgIpc) is 2.51. The zero-order valence-electron chi connectivity index (χ0n) is 11.6. The molecule has 0 aliphatic carbocycles. The van der Waals surface area contributed by atoms with E-state index in [2.05, 4.69) is 0 Å². The standard InChI is InChI=1S/C17H17F2NO/c18-14-5-6-15(19)13(7-14)9-17(10-20)8-12-3-1-2-4-16(12)21-11-17/h1-7H,8-11,20H2. The van der Waals surface area contributed by atoms with Crippen LogP contribution in [0.15, 0.2) is 42.5 Å². The number of hydrogen-bond acceptors (Lipinski definition) is 2. The lowest BCUT2D eigenvalue weighted by Crippen LogP contribution is -2.43. The predicted octanol–water partition coefficient (Wildman–Crippen LogP) is 3.09. The van der Waals surface area contributed by atoms with Gasteiger partial charge in [-0.2, -0.15) is 0 Å². The first-order chi connectivity index (χ1) is 10.1. The van der Waals surface area contributed by atoms with Gasteiger partial charge in [-0.05, 0) is 48.2 Å². The summed E-state index contributed by atoms with van der Waals surface area (Å²) < 4.78 is 33.0. The number of hydrogen-bond donors (Lipinski definition) is 1. The van der Waals surface area contributed by atoms with Crippen molar-refractivity contribution < 1.29 is 13.5 Å². The van der Waals surface area contributed by atoms with E-state index < -0.39 is 17.0 Å². The van der Waals surface area contributed by atoms with Crippen molar-refractivity contribution >= 4 is 0 Å². The second-order valence-electron chi connectivity index (χ2n) is 5.69. The lowest BCUT2D eigenvalue weighted by atomic mass is 9.75. The Bertz CT molecular complexity index is 659.